The van der Waals surface area contributed by atoms with Crippen LogP contribution in [0.2, 0.25) is 0 Å². The van der Waals surface area contributed by atoms with E-state index < -0.39 is 11.7 Å². The van der Waals surface area contributed by atoms with Crippen LogP contribution in [0.4, 0.5) is 15.2 Å². The third kappa shape index (κ3) is 3.41. The first kappa shape index (κ1) is 16.1. The van der Waals surface area contributed by atoms with E-state index in [0.29, 0.717) is 10.8 Å². The van der Waals surface area contributed by atoms with Crippen LogP contribution < -0.4 is 10.6 Å². The number of fused-ring (bicyclic) bond motifs is 1. The molecule has 2 amide bonds. The van der Waals surface area contributed by atoms with Gasteiger partial charge in [0.25, 0.3) is 5.91 Å². The Morgan fingerprint density at radius 1 is 1.12 bits per heavy atom. The molecule has 0 spiro atoms. The molecule has 2 N–H and O–H groups in total. The first-order chi connectivity index (χ1) is 11.4. The minimum Gasteiger partial charge on any atom is -0.326 e. The second-order valence-electron chi connectivity index (χ2n) is 5.32. The number of aryl methyl sites for hydroxylation is 1. The molecule has 0 bridgehead atoms. The quantitative estimate of drug-likeness (QED) is 0.756. The van der Waals surface area contributed by atoms with Crippen molar-refractivity contribution in [1.29, 1.82) is 0 Å². The summed E-state index contributed by atoms with van der Waals surface area (Å²) in [6.45, 7) is 3.31. The monoisotopic (exact) mass is 343 g/mol. The highest BCUT2D eigenvalue weighted by atomic mass is 32.1. The number of hydrogen-bond acceptors (Lipinski definition) is 4. The normalized spacial score (nSPS) is 10.6. The molecule has 0 fully saturated rings. The van der Waals surface area contributed by atoms with Crippen molar-refractivity contribution in [2.24, 2.45) is 0 Å². The Balaban J connectivity index is 1.86. The first-order valence-corrected chi connectivity index (χ1v) is 8.00. The van der Waals surface area contributed by atoms with Crippen molar-refractivity contribution in [3.63, 3.8) is 0 Å². The Kier molecular flexibility index (Phi) is 4.26. The fourth-order valence-electron chi connectivity index (χ4n) is 2.23. The van der Waals surface area contributed by atoms with Crippen LogP contribution in [0.1, 0.15) is 22.8 Å². The molecule has 122 valence electrons. The standard InChI is InChI=1S/C17H14FN3O2S/c1-9-3-6-14-15(7-9)24-17(20-14)21-16(23)12-8-11(19-10(2)22)4-5-13(12)18/h3-8H,1-2H3,(H,19,22)(H,20,21,23). The van der Waals surface area contributed by atoms with Crippen molar-refractivity contribution in [2.45, 2.75) is 13.8 Å². The zero-order valence-electron chi connectivity index (χ0n) is 13.0. The first-order valence-electron chi connectivity index (χ1n) is 7.18. The van der Waals surface area contributed by atoms with E-state index in [-0.39, 0.29) is 11.5 Å². The number of nitrogens with one attached hydrogen (secondary N) is 2. The lowest BCUT2D eigenvalue weighted by Gasteiger charge is -2.07. The van der Waals surface area contributed by atoms with Crippen LogP contribution in [-0.4, -0.2) is 16.8 Å². The molecule has 7 heteroatoms. The molecule has 0 aliphatic carbocycles. The number of benzene rings is 2. The Labute approximate surface area is 141 Å². The number of aromatic nitrogens is 1. The molecule has 2 aromatic carbocycles. The molecule has 0 aliphatic rings. The summed E-state index contributed by atoms with van der Waals surface area (Å²) in [5, 5.41) is 5.52. The van der Waals surface area contributed by atoms with Crippen molar-refractivity contribution in [3.8, 4) is 0 Å². The van der Waals surface area contributed by atoms with Crippen LogP contribution in [0, 0.1) is 12.7 Å². The smallest absolute Gasteiger partial charge is 0.260 e. The molecule has 3 aromatic rings. The molecule has 3 rings (SSSR count). The van der Waals surface area contributed by atoms with E-state index in [1.54, 1.807) is 0 Å². The predicted molar refractivity (Wildman–Crippen MR) is 93.0 cm³/mol. The van der Waals surface area contributed by atoms with Crippen LogP contribution in [0.25, 0.3) is 10.2 Å². The number of rotatable bonds is 3. The van der Waals surface area contributed by atoms with Gasteiger partial charge in [-0.2, -0.15) is 0 Å². The summed E-state index contributed by atoms with van der Waals surface area (Å²) in [7, 11) is 0. The molecule has 0 unspecified atom stereocenters. The Bertz CT molecular complexity index is 952. The second-order valence-corrected chi connectivity index (χ2v) is 6.35. The fraction of sp³-hybridized carbons (Fsp3) is 0.118. The van der Waals surface area contributed by atoms with Crippen LogP contribution in [0.15, 0.2) is 36.4 Å². The molecule has 0 saturated carbocycles. The molecule has 0 atom stereocenters. The van der Waals surface area contributed by atoms with Crippen molar-refractivity contribution in [1.82, 2.24) is 4.98 Å². The summed E-state index contributed by atoms with van der Waals surface area (Å²) >= 11 is 1.32. The van der Waals surface area contributed by atoms with Gasteiger partial charge < -0.3 is 5.32 Å². The minimum absolute atomic E-state index is 0.156. The van der Waals surface area contributed by atoms with Gasteiger partial charge in [0.15, 0.2) is 5.13 Å². The molecular weight excluding hydrogens is 329 g/mol. The second kappa shape index (κ2) is 6.37. The third-order valence-corrected chi connectivity index (χ3v) is 4.23. The van der Waals surface area contributed by atoms with Gasteiger partial charge in [0.2, 0.25) is 5.91 Å². The average Bonchev–Trinajstić information content (AvgIpc) is 2.89. The number of anilines is 2. The molecule has 0 saturated heterocycles. The topological polar surface area (TPSA) is 71.1 Å². The molecule has 1 aromatic heterocycles. The largest absolute Gasteiger partial charge is 0.326 e. The number of carbonyl (C=O) groups is 2. The number of thiazole rings is 1. The predicted octanol–water partition coefficient (Wildman–Crippen LogP) is 3.95. The SMILES string of the molecule is CC(=O)Nc1ccc(F)c(C(=O)Nc2nc3ccc(C)cc3s2)c1. The van der Waals surface area contributed by atoms with E-state index in [1.165, 1.54) is 30.4 Å². The molecule has 0 aliphatic heterocycles. The van der Waals surface area contributed by atoms with Gasteiger partial charge >= 0.3 is 0 Å². The van der Waals surface area contributed by atoms with E-state index in [2.05, 4.69) is 15.6 Å². The molecule has 24 heavy (non-hydrogen) atoms. The Morgan fingerprint density at radius 3 is 2.67 bits per heavy atom. The lowest BCUT2D eigenvalue weighted by molar-refractivity contribution is -0.114. The number of hydrogen-bond donors (Lipinski definition) is 2. The van der Waals surface area contributed by atoms with Gasteiger partial charge in [-0.05, 0) is 42.8 Å². The van der Waals surface area contributed by atoms with Crippen LogP contribution in [-0.2, 0) is 4.79 Å². The highest BCUT2D eigenvalue weighted by Gasteiger charge is 2.15. The number of halogens is 1. The van der Waals surface area contributed by atoms with Gasteiger partial charge in [-0.15, -0.1) is 0 Å². The van der Waals surface area contributed by atoms with Gasteiger partial charge in [0.05, 0.1) is 15.8 Å². The van der Waals surface area contributed by atoms with Crippen LogP contribution in [0.5, 0.6) is 0 Å². The van der Waals surface area contributed by atoms with Crippen molar-refractivity contribution < 1.29 is 14.0 Å². The van der Waals surface area contributed by atoms with E-state index in [0.717, 1.165) is 21.8 Å². The zero-order chi connectivity index (χ0) is 17.3. The van der Waals surface area contributed by atoms with E-state index in [4.69, 9.17) is 0 Å². The molecule has 5 nitrogen and oxygen atoms in total. The van der Waals surface area contributed by atoms with Gasteiger partial charge in [-0.3, -0.25) is 14.9 Å². The summed E-state index contributed by atoms with van der Waals surface area (Å²) in [6.07, 6.45) is 0. The maximum Gasteiger partial charge on any atom is 0.260 e. The number of carbonyl (C=O) groups excluding carboxylic acids is 2. The van der Waals surface area contributed by atoms with Crippen LogP contribution in [0.3, 0.4) is 0 Å². The third-order valence-electron chi connectivity index (χ3n) is 3.30. The lowest BCUT2D eigenvalue weighted by atomic mass is 10.1. The number of nitrogens with zero attached hydrogens (tertiary/aromatic N) is 1. The Hall–Kier alpha value is -2.80. The van der Waals surface area contributed by atoms with E-state index in [1.807, 2.05) is 25.1 Å². The van der Waals surface area contributed by atoms with Gasteiger partial charge in [0, 0.05) is 12.6 Å². The zero-order valence-corrected chi connectivity index (χ0v) is 13.8. The molecule has 1 heterocycles. The summed E-state index contributed by atoms with van der Waals surface area (Å²) in [5.74, 6) is -1.58. The van der Waals surface area contributed by atoms with Gasteiger partial charge in [-0.1, -0.05) is 17.4 Å². The lowest BCUT2D eigenvalue weighted by Crippen LogP contribution is -2.15. The van der Waals surface area contributed by atoms with E-state index in [9.17, 15) is 14.0 Å². The number of amides is 2. The highest BCUT2D eigenvalue weighted by molar-refractivity contribution is 7.22. The molecular formula is C17H14FN3O2S. The van der Waals surface area contributed by atoms with Gasteiger partial charge in [0.1, 0.15) is 5.82 Å². The average molecular weight is 343 g/mol. The molecule has 0 radical (unpaired) electrons. The Morgan fingerprint density at radius 2 is 1.92 bits per heavy atom. The van der Waals surface area contributed by atoms with Gasteiger partial charge in [-0.25, -0.2) is 9.37 Å². The minimum atomic E-state index is -0.668. The van der Waals surface area contributed by atoms with Crippen LogP contribution >= 0.6 is 11.3 Å². The summed E-state index contributed by atoms with van der Waals surface area (Å²) in [4.78, 5) is 27.7. The van der Waals surface area contributed by atoms with Crippen molar-refractivity contribution in [3.05, 3.63) is 53.3 Å². The maximum atomic E-state index is 13.9. The summed E-state index contributed by atoms with van der Waals surface area (Å²) in [6, 6.07) is 9.61. The van der Waals surface area contributed by atoms with E-state index >= 15 is 0 Å². The van der Waals surface area contributed by atoms with Crippen molar-refractivity contribution >= 4 is 44.2 Å². The highest BCUT2D eigenvalue weighted by Crippen LogP contribution is 2.27. The van der Waals surface area contributed by atoms with Crippen molar-refractivity contribution in [2.75, 3.05) is 10.6 Å². The summed E-state index contributed by atoms with van der Waals surface area (Å²) in [5.41, 5.74) is 2.07. The summed E-state index contributed by atoms with van der Waals surface area (Å²) < 4.78 is 14.9. The fourth-order valence-corrected chi connectivity index (χ4v) is 3.19. The maximum absolute atomic E-state index is 13.9.